The van der Waals surface area contributed by atoms with Gasteiger partial charge in [0.05, 0.1) is 6.07 Å². The molecule has 0 saturated carbocycles. The molecule has 0 spiro atoms. The van der Waals surface area contributed by atoms with Crippen LogP contribution in [0.15, 0.2) is 60.7 Å². The predicted molar refractivity (Wildman–Crippen MR) is 88.2 cm³/mol. The molecule has 1 amide bonds. The Bertz CT molecular complexity index is 572. The van der Waals surface area contributed by atoms with Crippen LogP contribution in [0.5, 0.6) is 0 Å². The molecule has 2 aromatic rings. The van der Waals surface area contributed by atoms with E-state index in [0.29, 0.717) is 0 Å². The predicted octanol–water partition coefficient (Wildman–Crippen LogP) is 2.54. The summed E-state index contributed by atoms with van der Waals surface area (Å²) < 4.78 is 12.4. The van der Waals surface area contributed by atoms with E-state index in [2.05, 4.69) is 0 Å². The van der Waals surface area contributed by atoms with Gasteiger partial charge in [0, 0.05) is 18.1 Å². The van der Waals surface area contributed by atoms with Gasteiger partial charge in [-0.05, 0) is 11.2 Å². The van der Waals surface area contributed by atoms with Crippen LogP contribution < -0.4 is 5.73 Å². The fraction of sp³-hybridized carbons (Fsp3) is 0.176. The van der Waals surface area contributed by atoms with Gasteiger partial charge in [-0.15, -0.1) is 0 Å². The van der Waals surface area contributed by atoms with Gasteiger partial charge in [0.2, 0.25) is 0 Å². The number of carbonyl (C=O) groups excluding carboxylic acids is 1. The fourth-order valence-corrected chi connectivity index (χ4v) is 3.34. The van der Waals surface area contributed by atoms with Crippen LogP contribution in [0.3, 0.4) is 0 Å². The van der Waals surface area contributed by atoms with Crippen molar-refractivity contribution in [1.29, 1.82) is 5.26 Å². The Morgan fingerprint density at radius 3 is 1.82 bits per heavy atom. The van der Waals surface area contributed by atoms with Crippen molar-refractivity contribution in [3.8, 4) is 6.07 Å². The lowest BCUT2D eigenvalue weighted by Crippen LogP contribution is -2.27. The van der Waals surface area contributed by atoms with E-state index in [1.54, 1.807) is 6.07 Å². The van der Waals surface area contributed by atoms with E-state index in [1.807, 2.05) is 60.7 Å². The molecule has 0 aliphatic heterocycles. The molecule has 0 heterocycles. The summed E-state index contributed by atoms with van der Waals surface area (Å²) in [5, 5.41) is 7.00. The van der Waals surface area contributed by atoms with Crippen molar-refractivity contribution in [2.45, 2.75) is 12.2 Å². The van der Waals surface area contributed by atoms with E-state index >= 15 is 0 Å². The summed E-state index contributed by atoms with van der Waals surface area (Å²) >= 11 is -1.36. The van der Waals surface area contributed by atoms with Gasteiger partial charge in [0.15, 0.2) is 11.0 Å². The summed E-state index contributed by atoms with van der Waals surface area (Å²) in [6.45, 7) is 1.43. The Hall–Kier alpha value is -2.29. The van der Waals surface area contributed by atoms with Crippen LogP contribution >= 0.6 is 0 Å². The molecule has 2 N–H and O–H groups in total. The molecule has 22 heavy (non-hydrogen) atoms. The highest BCUT2D eigenvalue weighted by atomic mass is 32.2. The molecule has 5 heteroatoms. The average molecular weight is 314 g/mol. The summed E-state index contributed by atoms with van der Waals surface area (Å²) in [7, 11) is 0. The van der Waals surface area contributed by atoms with Crippen LogP contribution in [0.4, 0.5) is 0 Å². The second-order valence-electron chi connectivity index (χ2n) is 4.42. The van der Waals surface area contributed by atoms with Crippen molar-refractivity contribution in [1.82, 2.24) is 0 Å². The number of nitrogens with two attached hydrogens (primary N) is 1. The fourth-order valence-electron chi connectivity index (χ4n) is 1.98. The Kier molecular flexibility index (Phi) is 7.76. The molecule has 2 rings (SSSR count). The maximum absolute atomic E-state index is 12.4. The van der Waals surface area contributed by atoms with Crippen LogP contribution in [0.25, 0.3) is 0 Å². The first kappa shape index (κ1) is 17.8. The molecule has 114 valence electrons. The van der Waals surface area contributed by atoms with Crippen molar-refractivity contribution in [3.63, 3.8) is 0 Å². The third-order valence-corrected chi connectivity index (χ3v) is 4.39. The van der Waals surface area contributed by atoms with Crippen LogP contribution in [-0.2, 0) is 16.0 Å². The topological polar surface area (TPSA) is 89.9 Å². The standard InChI is InChI=1S/C15H15NO2S.C2H3N/c16-14(17)11-19(18)15(12-7-3-1-4-8-12)13-9-5-2-6-10-13;1-2-3/h1-10,15H,11H2,(H2,16,17);1H3. The van der Waals surface area contributed by atoms with Gasteiger partial charge < -0.3 is 10.3 Å². The first-order chi connectivity index (χ1) is 10.6. The number of hydrogen-bond acceptors (Lipinski definition) is 3. The highest BCUT2D eigenvalue weighted by molar-refractivity contribution is 7.92. The van der Waals surface area contributed by atoms with Crippen LogP contribution in [0, 0.1) is 11.3 Å². The number of amides is 1. The van der Waals surface area contributed by atoms with E-state index in [9.17, 15) is 9.35 Å². The molecular formula is C17H18N2O2S. The van der Waals surface area contributed by atoms with Gasteiger partial charge in [-0.1, -0.05) is 60.7 Å². The molecule has 0 aromatic heterocycles. The molecule has 0 bridgehead atoms. The minimum absolute atomic E-state index is 0.131. The quantitative estimate of drug-likeness (QED) is 0.860. The number of primary amides is 1. The maximum atomic E-state index is 12.4. The van der Waals surface area contributed by atoms with Crippen LogP contribution in [-0.4, -0.2) is 16.2 Å². The summed E-state index contributed by atoms with van der Waals surface area (Å²) in [5.41, 5.74) is 7.00. The molecular weight excluding hydrogens is 296 g/mol. The summed E-state index contributed by atoms with van der Waals surface area (Å²) in [6.07, 6.45) is 0. The van der Waals surface area contributed by atoms with Crippen LogP contribution in [0.2, 0.25) is 0 Å². The largest absolute Gasteiger partial charge is 0.615 e. The second-order valence-corrected chi connectivity index (χ2v) is 5.94. The van der Waals surface area contributed by atoms with Gasteiger partial charge in [-0.2, -0.15) is 5.26 Å². The van der Waals surface area contributed by atoms with E-state index in [-0.39, 0.29) is 11.0 Å². The summed E-state index contributed by atoms with van der Waals surface area (Å²) in [6, 6.07) is 20.8. The molecule has 0 fully saturated rings. The van der Waals surface area contributed by atoms with Crippen molar-refractivity contribution < 1.29 is 9.35 Å². The van der Waals surface area contributed by atoms with Gasteiger partial charge >= 0.3 is 0 Å². The Morgan fingerprint density at radius 1 is 1.14 bits per heavy atom. The molecule has 0 radical (unpaired) electrons. The maximum Gasteiger partial charge on any atom is 0.267 e. The number of rotatable bonds is 5. The molecule has 2 aromatic carbocycles. The minimum Gasteiger partial charge on any atom is -0.615 e. The zero-order valence-electron chi connectivity index (χ0n) is 12.3. The third-order valence-electron chi connectivity index (χ3n) is 2.75. The molecule has 0 aliphatic carbocycles. The molecule has 0 aliphatic rings. The van der Waals surface area contributed by atoms with Crippen molar-refractivity contribution in [2.75, 3.05) is 5.75 Å². The molecule has 4 nitrogen and oxygen atoms in total. The first-order valence-corrected chi connectivity index (χ1v) is 8.04. The van der Waals surface area contributed by atoms with Gasteiger partial charge in [-0.3, -0.25) is 4.79 Å². The van der Waals surface area contributed by atoms with Gasteiger partial charge in [0.25, 0.3) is 5.91 Å². The van der Waals surface area contributed by atoms with Gasteiger partial charge in [-0.25, -0.2) is 0 Å². The number of carbonyl (C=O) groups is 1. The van der Waals surface area contributed by atoms with E-state index in [1.165, 1.54) is 6.92 Å². The third kappa shape index (κ3) is 5.60. The number of nitriles is 1. The van der Waals surface area contributed by atoms with Crippen molar-refractivity contribution in [2.24, 2.45) is 5.73 Å². The van der Waals surface area contributed by atoms with E-state index in [0.717, 1.165) is 11.1 Å². The van der Waals surface area contributed by atoms with Crippen molar-refractivity contribution >= 4 is 17.1 Å². The lowest BCUT2D eigenvalue weighted by atomic mass is 10.0. The minimum atomic E-state index is -1.36. The summed E-state index contributed by atoms with van der Waals surface area (Å²) in [4.78, 5) is 11.0. The number of nitrogens with zero attached hydrogens (tertiary/aromatic N) is 1. The summed E-state index contributed by atoms with van der Waals surface area (Å²) in [5.74, 6) is -0.677. The molecule has 0 saturated heterocycles. The lowest BCUT2D eigenvalue weighted by molar-refractivity contribution is -0.115. The van der Waals surface area contributed by atoms with E-state index < -0.39 is 17.1 Å². The lowest BCUT2D eigenvalue weighted by Gasteiger charge is -2.21. The SMILES string of the molecule is CC#N.NC(=O)C[S+]([O-])C(c1ccccc1)c1ccccc1. The Morgan fingerprint density at radius 2 is 1.50 bits per heavy atom. The smallest absolute Gasteiger partial charge is 0.267 e. The number of benzene rings is 2. The Balaban J connectivity index is 0.000000745. The Labute approximate surface area is 133 Å². The van der Waals surface area contributed by atoms with Crippen LogP contribution in [0.1, 0.15) is 23.3 Å². The number of hydrogen-bond donors (Lipinski definition) is 1. The zero-order valence-corrected chi connectivity index (χ0v) is 13.1. The highest BCUT2D eigenvalue weighted by Gasteiger charge is 2.27. The highest BCUT2D eigenvalue weighted by Crippen LogP contribution is 2.30. The normalized spacial score (nSPS) is 11.0. The molecule has 1 unspecified atom stereocenters. The van der Waals surface area contributed by atoms with Gasteiger partial charge in [0.1, 0.15) is 0 Å². The first-order valence-electron chi connectivity index (χ1n) is 6.66. The average Bonchev–Trinajstić information content (AvgIpc) is 2.50. The van der Waals surface area contributed by atoms with E-state index in [4.69, 9.17) is 11.0 Å². The zero-order chi connectivity index (χ0) is 16.4. The monoisotopic (exact) mass is 314 g/mol. The van der Waals surface area contributed by atoms with Crippen molar-refractivity contribution in [3.05, 3.63) is 71.8 Å². The molecule has 1 atom stereocenters. The second kappa shape index (κ2) is 9.61.